The van der Waals surface area contributed by atoms with Gasteiger partial charge in [-0.25, -0.2) is 5.09 Å². The summed E-state index contributed by atoms with van der Waals surface area (Å²) in [5.41, 5.74) is 0.795. The number of ether oxygens (including phenoxy) is 1. The molecule has 0 spiro atoms. The fourth-order valence-electron chi connectivity index (χ4n) is 2.53. The second-order valence-corrected chi connectivity index (χ2v) is 9.20. The van der Waals surface area contributed by atoms with E-state index in [0.717, 1.165) is 18.4 Å². The first kappa shape index (κ1) is 24.4. The van der Waals surface area contributed by atoms with Gasteiger partial charge in [0.15, 0.2) is 0 Å². The van der Waals surface area contributed by atoms with Crippen LogP contribution in [-0.2, 0) is 14.1 Å². The number of aliphatic hydroxyl groups is 1. The van der Waals surface area contributed by atoms with Gasteiger partial charge in [0.2, 0.25) is 0 Å². The van der Waals surface area contributed by atoms with Crippen molar-refractivity contribution in [3.8, 4) is 5.75 Å². The number of para-hydroxylation sites is 1. The monoisotopic (exact) mass is 411 g/mol. The standard InChI is InChI=1S/C21H34NO5P/c1-5-19(6-2)16-26-21(24)18(4)22-28(25,14-10-11-17(3)15-23)27-20-12-8-7-9-13-20/h7-9,11-13,18-19,23H,5-6,10,14-16H2,1-4H3,(H,22,25)/b17-11+/t18-,28?/m0/s1. The zero-order chi connectivity index (χ0) is 21.0. The molecule has 0 heterocycles. The molecule has 0 radical (unpaired) electrons. The van der Waals surface area contributed by atoms with Crippen LogP contribution in [0.4, 0.5) is 0 Å². The van der Waals surface area contributed by atoms with Crippen molar-refractivity contribution in [2.75, 3.05) is 19.4 Å². The summed E-state index contributed by atoms with van der Waals surface area (Å²) >= 11 is 0. The minimum atomic E-state index is -3.36. The Kier molecular flexibility index (Phi) is 11.1. The van der Waals surface area contributed by atoms with Crippen LogP contribution in [0.5, 0.6) is 5.75 Å². The van der Waals surface area contributed by atoms with Crippen molar-refractivity contribution < 1.29 is 23.7 Å². The average Bonchev–Trinajstić information content (AvgIpc) is 2.68. The average molecular weight is 411 g/mol. The number of esters is 1. The van der Waals surface area contributed by atoms with Crippen LogP contribution in [0.25, 0.3) is 0 Å². The lowest BCUT2D eigenvalue weighted by Gasteiger charge is -2.24. The van der Waals surface area contributed by atoms with E-state index in [9.17, 15) is 9.36 Å². The van der Waals surface area contributed by atoms with Crippen molar-refractivity contribution in [3.63, 3.8) is 0 Å². The Balaban J connectivity index is 2.79. The lowest BCUT2D eigenvalue weighted by atomic mass is 10.1. The molecule has 0 aliphatic heterocycles. The van der Waals surface area contributed by atoms with Crippen LogP contribution < -0.4 is 9.61 Å². The van der Waals surface area contributed by atoms with E-state index < -0.39 is 19.5 Å². The third-order valence-corrected chi connectivity index (χ3v) is 6.66. The number of hydrogen-bond donors (Lipinski definition) is 2. The molecule has 1 aromatic carbocycles. The third-order valence-electron chi connectivity index (χ3n) is 4.52. The quantitative estimate of drug-likeness (QED) is 0.282. The maximum atomic E-state index is 13.4. The second kappa shape index (κ2) is 12.8. The van der Waals surface area contributed by atoms with Gasteiger partial charge in [-0.2, -0.15) is 0 Å². The molecule has 0 bridgehead atoms. The summed E-state index contributed by atoms with van der Waals surface area (Å²) in [4.78, 5) is 12.3. The maximum absolute atomic E-state index is 13.4. The number of carbonyl (C=O) groups is 1. The van der Waals surface area contributed by atoms with E-state index in [2.05, 4.69) is 18.9 Å². The molecule has 1 aromatic rings. The van der Waals surface area contributed by atoms with Gasteiger partial charge < -0.3 is 14.4 Å². The van der Waals surface area contributed by atoms with Crippen molar-refractivity contribution in [1.82, 2.24) is 5.09 Å². The molecular formula is C21H34NO5P. The second-order valence-electron chi connectivity index (χ2n) is 6.96. The summed E-state index contributed by atoms with van der Waals surface area (Å²) in [6.45, 7) is 7.87. The SMILES string of the molecule is CCC(CC)COC(=O)[C@H](C)NP(=O)(CC/C=C(\C)CO)Oc1ccccc1. The molecule has 0 fully saturated rings. The van der Waals surface area contributed by atoms with Gasteiger partial charge in [0.05, 0.1) is 19.4 Å². The van der Waals surface area contributed by atoms with Gasteiger partial charge in [-0.15, -0.1) is 0 Å². The molecule has 0 aliphatic rings. The van der Waals surface area contributed by atoms with Gasteiger partial charge >= 0.3 is 13.5 Å². The molecule has 28 heavy (non-hydrogen) atoms. The van der Waals surface area contributed by atoms with Crippen molar-refractivity contribution in [2.45, 2.75) is 53.0 Å². The predicted octanol–water partition coefficient (Wildman–Crippen LogP) is 4.54. The number of nitrogens with one attached hydrogen (secondary N) is 1. The van der Waals surface area contributed by atoms with Gasteiger partial charge in [0, 0.05) is 0 Å². The summed E-state index contributed by atoms with van der Waals surface area (Å²) in [6, 6.07) is 8.12. The Morgan fingerprint density at radius 2 is 1.89 bits per heavy atom. The van der Waals surface area contributed by atoms with E-state index >= 15 is 0 Å². The Labute approximate surface area is 168 Å². The summed E-state index contributed by atoms with van der Waals surface area (Å²) in [6.07, 6.45) is 4.36. The number of hydrogen-bond acceptors (Lipinski definition) is 5. The Morgan fingerprint density at radius 1 is 1.25 bits per heavy atom. The van der Waals surface area contributed by atoms with Crippen LogP contribution in [0.3, 0.4) is 0 Å². The minimum absolute atomic E-state index is 0.0456. The van der Waals surface area contributed by atoms with Gasteiger partial charge in [0.25, 0.3) is 0 Å². The summed E-state index contributed by atoms with van der Waals surface area (Å²) in [7, 11) is -3.36. The first-order chi connectivity index (χ1) is 13.3. The lowest BCUT2D eigenvalue weighted by Crippen LogP contribution is -2.36. The summed E-state index contributed by atoms with van der Waals surface area (Å²) in [5.74, 6) is 0.361. The molecule has 0 saturated heterocycles. The first-order valence-electron chi connectivity index (χ1n) is 9.88. The van der Waals surface area contributed by atoms with E-state index in [0.29, 0.717) is 24.7 Å². The highest BCUT2D eigenvalue weighted by atomic mass is 31.2. The van der Waals surface area contributed by atoms with Crippen LogP contribution in [-0.4, -0.2) is 36.5 Å². The fourth-order valence-corrected chi connectivity index (χ4v) is 4.43. The normalized spacial score (nSPS) is 15.1. The van der Waals surface area contributed by atoms with Crippen LogP contribution in [0.2, 0.25) is 0 Å². The Hall–Kier alpha value is -1.62. The van der Waals surface area contributed by atoms with Crippen LogP contribution in [0, 0.1) is 5.92 Å². The first-order valence-corrected chi connectivity index (χ1v) is 11.7. The Morgan fingerprint density at radius 3 is 2.46 bits per heavy atom. The van der Waals surface area contributed by atoms with Crippen molar-refractivity contribution in [2.24, 2.45) is 5.92 Å². The molecule has 1 rings (SSSR count). The van der Waals surface area contributed by atoms with E-state index in [4.69, 9.17) is 14.4 Å². The zero-order valence-electron chi connectivity index (χ0n) is 17.4. The molecule has 0 amide bonds. The molecule has 1 unspecified atom stereocenters. The zero-order valence-corrected chi connectivity index (χ0v) is 18.3. The number of allylic oxidation sites excluding steroid dienone is 1. The predicted molar refractivity (Wildman–Crippen MR) is 113 cm³/mol. The van der Waals surface area contributed by atoms with Gasteiger partial charge in [-0.3, -0.25) is 9.36 Å². The number of benzene rings is 1. The largest absolute Gasteiger partial charge is 0.464 e. The number of rotatable bonds is 13. The number of carbonyl (C=O) groups excluding carboxylic acids is 1. The highest BCUT2D eigenvalue weighted by molar-refractivity contribution is 7.57. The molecule has 0 saturated carbocycles. The van der Waals surface area contributed by atoms with Crippen LogP contribution >= 0.6 is 7.52 Å². The molecule has 0 aromatic heterocycles. The van der Waals surface area contributed by atoms with E-state index in [-0.39, 0.29) is 12.8 Å². The molecular weight excluding hydrogens is 377 g/mol. The third kappa shape index (κ3) is 9.05. The van der Waals surface area contributed by atoms with Gasteiger partial charge in [0.1, 0.15) is 11.8 Å². The van der Waals surface area contributed by atoms with E-state index in [1.165, 1.54) is 0 Å². The van der Waals surface area contributed by atoms with Gasteiger partial charge in [-0.1, -0.05) is 56.5 Å². The van der Waals surface area contributed by atoms with Crippen molar-refractivity contribution >= 4 is 13.5 Å². The van der Waals surface area contributed by atoms with Gasteiger partial charge in [-0.05, 0) is 38.3 Å². The highest BCUT2D eigenvalue weighted by Gasteiger charge is 2.30. The highest BCUT2D eigenvalue weighted by Crippen LogP contribution is 2.44. The smallest absolute Gasteiger partial charge is 0.323 e. The summed E-state index contributed by atoms with van der Waals surface area (Å²) in [5, 5.41) is 12.0. The molecule has 0 aliphatic carbocycles. The molecule has 7 heteroatoms. The topological polar surface area (TPSA) is 84.9 Å². The molecule has 6 nitrogen and oxygen atoms in total. The summed E-state index contributed by atoms with van der Waals surface area (Å²) < 4.78 is 24.5. The van der Waals surface area contributed by atoms with Crippen molar-refractivity contribution in [3.05, 3.63) is 42.0 Å². The molecule has 2 atom stereocenters. The van der Waals surface area contributed by atoms with Crippen LogP contribution in [0.1, 0.15) is 47.0 Å². The van der Waals surface area contributed by atoms with E-state index in [1.54, 1.807) is 38.1 Å². The van der Waals surface area contributed by atoms with Crippen LogP contribution in [0.15, 0.2) is 42.0 Å². The Bertz CT molecular complexity index is 658. The fraction of sp³-hybridized carbons (Fsp3) is 0.571. The number of aliphatic hydroxyl groups excluding tert-OH is 1. The minimum Gasteiger partial charge on any atom is -0.464 e. The molecule has 158 valence electrons. The van der Waals surface area contributed by atoms with Crippen molar-refractivity contribution in [1.29, 1.82) is 0 Å². The van der Waals surface area contributed by atoms with E-state index in [1.807, 2.05) is 12.1 Å². The lowest BCUT2D eigenvalue weighted by molar-refractivity contribution is -0.146. The maximum Gasteiger partial charge on any atom is 0.323 e. The molecule has 2 N–H and O–H groups in total.